The van der Waals surface area contributed by atoms with E-state index >= 15 is 0 Å². The summed E-state index contributed by atoms with van der Waals surface area (Å²) in [6.07, 6.45) is 0. The molecule has 0 saturated heterocycles. The van der Waals surface area contributed by atoms with Crippen LogP contribution in [-0.4, -0.2) is 31.4 Å². The van der Waals surface area contributed by atoms with E-state index in [1.807, 2.05) is 6.92 Å². The minimum atomic E-state index is -0.873. The van der Waals surface area contributed by atoms with Crippen molar-refractivity contribution in [3.05, 3.63) is 35.4 Å². The van der Waals surface area contributed by atoms with Gasteiger partial charge in [0.1, 0.15) is 0 Å². The third kappa shape index (κ3) is 3.49. The maximum absolute atomic E-state index is 13.1. The number of carbonyl (C=O) groups excluding carboxylic acids is 1. The Bertz CT molecular complexity index is 409. The summed E-state index contributed by atoms with van der Waals surface area (Å²) in [6.45, 7) is 2.03. The van der Waals surface area contributed by atoms with Gasteiger partial charge in [0.25, 0.3) is 0 Å². The topological polar surface area (TPSA) is 32.3 Å². The molecule has 5 heteroatoms. The van der Waals surface area contributed by atoms with Crippen LogP contribution < -0.4 is 5.32 Å². The van der Waals surface area contributed by atoms with Crippen molar-refractivity contribution >= 4 is 5.91 Å². The zero-order valence-corrected chi connectivity index (χ0v) is 10.1. The van der Waals surface area contributed by atoms with Gasteiger partial charge in [0, 0.05) is 13.1 Å². The minimum absolute atomic E-state index is 0.123. The van der Waals surface area contributed by atoms with Crippen LogP contribution in [0.15, 0.2) is 18.2 Å². The number of amides is 1. The molecule has 1 aromatic rings. The number of carbonyl (C=O) groups is 1. The molecule has 1 rings (SSSR count). The Hall–Kier alpha value is -1.49. The molecule has 0 aliphatic heterocycles. The summed E-state index contributed by atoms with van der Waals surface area (Å²) in [4.78, 5) is 12.9. The molecule has 17 heavy (non-hydrogen) atoms. The first-order valence-electron chi connectivity index (χ1n) is 5.31. The molecule has 0 aromatic heterocycles. The molecule has 0 radical (unpaired) electrons. The van der Waals surface area contributed by atoms with Crippen molar-refractivity contribution in [2.75, 3.05) is 20.6 Å². The van der Waals surface area contributed by atoms with Crippen LogP contribution >= 0.6 is 0 Å². The Kier molecular flexibility index (Phi) is 4.57. The third-order valence-electron chi connectivity index (χ3n) is 2.76. The van der Waals surface area contributed by atoms with Gasteiger partial charge >= 0.3 is 0 Å². The molecule has 0 saturated carbocycles. The first kappa shape index (κ1) is 13.6. The molecule has 0 bridgehead atoms. The van der Waals surface area contributed by atoms with Crippen molar-refractivity contribution in [1.29, 1.82) is 0 Å². The fraction of sp³-hybridized carbons (Fsp3) is 0.417. The molecule has 0 fully saturated rings. The van der Waals surface area contributed by atoms with Gasteiger partial charge in [-0.3, -0.25) is 9.69 Å². The van der Waals surface area contributed by atoms with E-state index in [1.54, 1.807) is 19.0 Å². The number of likely N-dealkylation sites (N-methyl/N-ethyl adjacent to an activating group) is 2. The maximum atomic E-state index is 13.1. The molecule has 0 heterocycles. The molecule has 3 nitrogen and oxygen atoms in total. The van der Waals surface area contributed by atoms with Crippen molar-refractivity contribution < 1.29 is 13.6 Å². The van der Waals surface area contributed by atoms with Gasteiger partial charge in [-0.05, 0) is 31.7 Å². The first-order valence-corrected chi connectivity index (χ1v) is 5.31. The number of hydrogen-bond acceptors (Lipinski definition) is 2. The second-order valence-corrected chi connectivity index (χ2v) is 3.94. The van der Waals surface area contributed by atoms with Crippen LogP contribution in [0, 0.1) is 11.6 Å². The summed E-state index contributed by atoms with van der Waals surface area (Å²) >= 11 is 0. The normalized spacial score (nSPS) is 12.6. The van der Waals surface area contributed by atoms with Crippen LogP contribution in [0.1, 0.15) is 18.5 Å². The number of nitrogens with one attached hydrogen (secondary N) is 1. The monoisotopic (exact) mass is 242 g/mol. The Balaban J connectivity index is 2.77. The van der Waals surface area contributed by atoms with E-state index in [-0.39, 0.29) is 18.5 Å². The predicted molar refractivity (Wildman–Crippen MR) is 61.5 cm³/mol. The average Bonchev–Trinajstić information content (AvgIpc) is 2.31. The van der Waals surface area contributed by atoms with Crippen molar-refractivity contribution in [1.82, 2.24) is 10.2 Å². The van der Waals surface area contributed by atoms with E-state index in [2.05, 4.69) is 5.32 Å². The van der Waals surface area contributed by atoms with Gasteiger partial charge in [0.15, 0.2) is 11.6 Å². The second kappa shape index (κ2) is 5.72. The largest absolute Gasteiger partial charge is 0.358 e. The molecule has 1 amide bonds. The van der Waals surface area contributed by atoms with Crippen molar-refractivity contribution in [2.45, 2.75) is 13.0 Å². The molecular formula is C12H16F2N2O. The molecule has 1 aromatic carbocycles. The molecule has 94 valence electrons. The van der Waals surface area contributed by atoms with Gasteiger partial charge in [0.2, 0.25) is 5.91 Å². The molecule has 0 aliphatic rings. The quantitative estimate of drug-likeness (QED) is 0.871. The average molecular weight is 242 g/mol. The van der Waals surface area contributed by atoms with Crippen LogP contribution in [0.25, 0.3) is 0 Å². The van der Waals surface area contributed by atoms with Gasteiger partial charge in [-0.1, -0.05) is 6.07 Å². The van der Waals surface area contributed by atoms with Gasteiger partial charge in [0.05, 0.1) is 6.54 Å². The number of halogens is 2. The number of rotatable bonds is 4. The number of benzene rings is 1. The lowest BCUT2D eigenvalue weighted by molar-refractivity contribution is -0.121. The summed E-state index contributed by atoms with van der Waals surface area (Å²) in [5, 5.41) is 2.51. The molecule has 0 aliphatic carbocycles. The SMILES string of the molecule is CNC(=O)CN(C)C(C)c1ccc(F)c(F)c1. The van der Waals surface area contributed by atoms with E-state index in [0.29, 0.717) is 5.56 Å². The summed E-state index contributed by atoms with van der Waals surface area (Å²) in [5.41, 5.74) is 0.635. The summed E-state index contributed by atoms with van der Waals surface area (Å²) < 4.78 is 25.8. The summed E-state index contributed by atoms with van der Waals surface area (Å²) in [5.74, 6) is -1.86. The molecule has 1 unspecified atom stereocenters. The molecular weight excluding hydrogens is 226 g/mol. The smallest absolute Gasteiger partial charge is 0.233 e. The molecule has 1 atom stereocenters. The summed E-state index contributed by atoms with van der Waals surface area (Å²) in [6, 6.07) is 3.60. The van der Waals surface area contributed by atoms with Crippen LogP contribution in [0.5, 0.6) is 0 Å². The highest BCUT2D eigenvalue weighted by molar-refractivity contribution is 5.77. The highest BCUT2D eigenvalue weighted by Gasteiger charge is 2.15. The number of hydrogen-bond donors (Lipinski definition) is 1. The molecule has 1 N–H and O–H groups in total. The second-order valence-electron chi connectivity index (χ2n) is 3.94. The lowest BCUT2D eigenvalue weighted by atomic mass is 10.1. The van der Waals surface area contributed by atoms with E-state index < -0.39 is 11.6 Å². The summed E-state index contributed by atoms with van der Waals surface area (Å²) in [7, 11) is 3.31. The highest BCUT2D eigenvalue weighted by atomic mass is 19.2. The zero-order valence-electron chi connectivity index (χ0n) is 10.1. The number of nitrogens with zero attached hydrogens (tertiary/aromatic N) is 1. The highest BCUT2D eigenvalue weighted by Crippen LogP contribution is 2.20. The van der Waals surface area contributed by atoms with E-state index in [4.69, 9.17) is 0 Å². The van der Waals surface area contributed by atoms with Crippen molar-refractivity contribution in [3.8, 4) is 0 Å². The van der Waals surface area contributed by atoms with Gasteiger partial charge in [-0.2, -0.15) is 0 Å². The Labute approximate surface area is 99.4 Å². The standard InChI is InChI=1S/C12H16F2N2O/c1-8(16(3)7-12(17)15-2)9-4-5-10(13)11(14)6-9/h4-6,8H,7H2,1-3H3,(H,15,17). The predicted octanol–water partition coefficient (Wildman–Crippen LogP) is 1.70. The first-order chi connectivity index (χ1) is 7.95. The zero-order chi connectivity index (χ0) is 13.0. The Morgan fingerprint density at radius 2 is 2.06 bits per heavy atom. The third-order valence-corrected chi connectivity index (χ3v) is 2.76. The lowest BCUT2D eigenvalue weighted by Gasteiger charge is -2.24. The molecule has 0 spiro atoms. The van der Waals surface area contributed by atoms with Crippen LogP contribution in [-0.2, 0) is 4.79 Å². The van der Waals surface area contributed by atoms with E-state index in [1.165, 1.54) is 6.07 Å². The van der Waals surface area contributed by atoms with Crippen LogP contribution in [0.2, 0.25) is 0 Å². The van der Waals surface area contributed by atoms with Gasteiger partial charge in [-0.25, -0.2) is 8.78 Å². The van der Waals surface area contributed by atoms with Gasteiger partial charge < -0.3 is 5.32 Å². The van der Waals surface area contributed by atoms with E-state index in [0.717, 1.165) is 12.1 Å². The Morgan fingerprint density at radius 1 is 1.41 bits per heavy atom. The van der Waals surface area contributed by atoms with Gasteiger partial charge in [-0.15, -0.1) is 0 Å². The van der Waals surface area contributed by atoms with Crippen molar-refractivity contribution in [3.63, 3.8) is 0 Å². The fourth-order valence-electron chi connectivity index (χ4n) is 1.47. The maximum Gasteiger partial charge on any atom is 0.233 e. The van der Waals surface area contributed by atoms with Crippen molar-refractivity contribution in [2.24, 2.45) is 0 Å². The fourth-order valence-corrected chi connectivity index (χ4v) is 1.47. The van der Waals surface area contributed by atoms with Crippen LogP contribution in [0.4, 0.5) is 8.78 Å². The lowest BCUT2D eigenvalue weighted by Crippen LogP contribution is -2.34. The van der Waals surface area contributed by atoms with E-state index in [9.17, 15) is 13.6 Å². The van der Waals surface area contributed by atoms with Crippen LogP contribution in [0.3, 0.4) is 0 Å². The Morgan fingerprint density at radius 3 is 2.59 bits per heavy atom. The minimum Gasteiger partial charge on any atom is -0.358 e.